The van der Waals surface area contributed by atoms with Crippen LogP contribution in [0.25, 0.3) is 5.69 Å². The van der Waals surface area contributed by atoms with Crippen molar-refractivity contribution in [3.63, 3.8) is 0 Å². The van der Waals surface area contributed by atoms with E-state index in [9.17, 15) is 9.90 Å². The molecule has 6 heteroatoms. The number of nitrogens with zero attached hydrogens (tertiary/aromatic N) is 4. The van der Waals surface area contributed by atoms with Gasteiger partial charge >= 0.3 is 0 Å². The van der Waals surface area contributed by atoms with E-state index >= 15 is 0 Å². The summed E-state index contributed by atoms with van der Waals surface area (Å²) in [6.45, 7) is 2.64. The van der Waals surface area contributed by atoms with Crippen LogP contribution in [0.5, 0.6) is 0 Å². The van der Waals surface area contributed by atoms with Crippen molar-refractivity contribution in [3.8, 4) is 5.69 Å². The molecule has 1 amide bonds. The fourth-order valence-electron chi connectivity index (χ4n) is 4.03. The molecule has 1 aromatic carbocycles. The summed E-state index contributed by atoms with van der Waals surface area (Å²) in [7, 11) is 1.96. The molecule has 1 saturated heterocycles. The van der Waals surface area contributed by atoms with E-state index in [0.29, 0.717) is 25.4 Å². The lowest BCUT2D eigenvalue weighted by Crippen LogP contribution is -2.58. The molecule has 4 rings (SSSR count). The smallest absolute Gasteiger partial charge is 0.255 e. The van der Waals surface area contributed by atoms with Crippen LogP contribution >= 0.6 is 0 Å². The van der Waals surface area contributed by atoms with Crippen LogP contribution in [0.2, 0.25) is 0 Å². The Morgan fingerprint density at radius 3 is 2.93 bits per heavy atom. The lowest BCUT2D eigenvalue weighted by Gasteiger charge is -2.40. The van der Waals surface area contributed by atoms with Crippen molar-refractivity contribution in [2.75, 3.05) is 26.7 Å². The number of carbonyl (C=O) groups is 1. The Labute approximate surface area is 160 Å². The fraction of sp³-hybridized carbons (Fsp3) is 0.524. The van der Waals surface area contributed by atoms with Gasteiger partial charge in [0.2, 0.25) is 0 Å². The first-order valence-corrected chi connectivity index (χ1v) is 9.83. The van der Waals surface area contributed by atoms with Crippen molar-refractivity contribution >= 4 is 5.91 Å². The Kier molecular flexibility index (Phi) is 5.02. The van der Waals surface area contributed by atoms with Crippen LogP contribution in [0.15, 0.2) is 42.7 Å². The molecule has 1 aliphatic heterocycles. The first-order valence-electron chi connectivity index (χ1n) is 9.83. The zero-order valence-corrected chi connectivity index (χ0v) is 15.9. The number of carbonyl (C=O) groups excluding carboxylic acids is 1. The molecule has 1 aromatic heterocycles. The van der Waals surface area contributed by atoms with Gasteiger partial charge in [-0.25, -0.2) is 4.68 Å². The summed E-state index contributed by atoms with van der Waals surface area (Å²) >= 11 is 0. The molecule has 144 valence electrons. The van der Waals surface area contributed by atoms with Crippen LogP contribution in [0.3, 0.4) is 0 Å². The van der Waals surface area contributed by atoms with Gasteiger partial charge in [0.25, 0.3) is 5.91 Å². The second-order valence-electron chi connectivity index (χ2n) is 8.12. The predicted octanol–water partition coefficient (Wildman–Crippen LogP) is 2.07. The van der Waals surface area contributed by atoms with Crippen LogP contribution in [0, 0.1) is 5.92 Å². The normalized spacial score (nSPS) is 23.2. The fourth-order valence-corrected chi connectivity index (χ4v) is 4.03. The van der Waals surface area contributed by atoms with Gasteiger partial charge in [-0.15, -0.1) is 0 Å². The first-order chi connectivity index (χ1) is 13.0. The summed E-state index contributed by atoms with van der Waals surface area (Å²) in [5.41, 5.74) is 0.878. The maximum atomic E-state index is 12.8. The van der Waals surface area contributed by atoms with Gasteiger partial charge < -0.3 is 10.0 Å². The molecule has 27 heavy (non-hydrogen) atoms. The SMILES string of the molecule is CN(Cc1cccc(-n2cccn2)c1)C[C@]1(O)CCCN(CC2CC2)C1=O. The lowest BCUT2D eigenvalue weighted by atomic mass is 9.91. The van der Waals surface area contributed by atoms with E-state index in [1.807, 2.05) is 45.9 Å². The maximum Gasteiger partial charge on any atom is 0.255 e. The van der Waals surface area contributed by atoms with Crippen LogP contribution in [-0.2, 0) is 11.3 Å². The van der Waals surface area contributed by atoms with Crippen molar-refractivity contribution < 1.29 is 9.90 Å². The molecule has 2 aromatic rings. The van der Waals surface area contributed by atoms with Crippen molar-refractivity contribution in [1.82, 2.24) is 19.6 Å². The van der Waals surface area contributed by atoms with E-state index in [4.69, 9.17) is 0 Å². The summed E-state index contributed by atoms with van der Waals surface area (Å²) in [5.74, 6) is 0.567. The van der Waals surface area contributed by atoms with Gasteiger partial charge in [0.1, 0.15) is 0 Å². The minimum atomic E-state index is -1.26. The first kappa shape index (κ1) is 18.2. The molecule has 6 nitrogen and oxygen atoms in total. The Bertz CT molecular complexity index is 787. The van der Waals surface area contributed by atoms with Gasteiger partial charge in [-0.2, -0.15) is 5.10 Å². The van der Waals surface area contributed by atoms with Crippen LogP contribution in [-0.4, -0.2) is 62.9 Å². The van der Waals surface area contributed by atoms with Crippen LogP contribution < -0.4 is 0 Å². The average Bonchev–Trinajstić information content (AvgIpc) is 3.28. The quantitative estimate of drug-likeness (QED) is 0.813. The molecule has 2 aliphatic rings. The van der Waals surface area contributed by atoms with Gasteiger partial charge in [-0.3, -0.25) is 9.69 Å². The van der Waals surface area contributed by atoms with E-state index in [1.165, 1.54) is 12.8 Å². The molecule has 1 atom stereocenters. The molecule has 0 spiro atoms. The summed E-state index contributed by atoms with van der Waals surface area (Å²) in [4.78, 5) is 16.8. The minimum Gasteiger partial charge on any atom is -0.379 e. The molecule has 0 radical (unpaired) electrons. The van der Waals surface area contributed by atoms with Crippen LogP contribution in [0.1, 0.15) is 31.2 Å². The topological polar surface area (TPSA) is 61.6 Å². The Morgan fingerprint density at radius 2 is 2.19 bits per heavy atom. The van der Waals surface area contributed by atoms with Gasteiger partial charge in [-0.1, -0.05) is 12.1 Å². The third-order valence-electron chi connectivity index (χ3n) is 5.54. The number of amides is 1. The average molecular weight is 368 g/mol. The number of hydrogen-bond acceptors (Lipinski definition) is 4. The van der Waals surface area contributed by atoms with Crippen molar-refractivity contribution in [3.05, 3.63) is 48.3 Å². The Hall–Kier alpha value is -2.18. The third-order valence-corrected chi connectivity index (χ3v) is 5.54. The van der Waals surface area contributed by atoms with E-state index in [0.717, 1.165) is 30.8 Å². The Morgan fingerprint density at radius 1 is 1.33 bits per heavy atom. The number of hydrogen-bond donors (Lipinski definition) is 1. The number of benzene rings is 1. The molecule has 1 aliphatic carbocycles. The Balaban J connectivity index is 1.40. The number of rotatable bonds is 7. The zero-order valence-electron chi connectivity index (χ0n) is 15.9. The molecule has 1 saturated carbocycles. The number of aromatic nitrogens is 2. The highest BCUT2D eigenvalue weighted by Crippen LogP contribution is 2.32. The molecule has 2 heterocycles. The highest BCUT2D eigenvalue weighted by atomic mass is 16.3. The molecule has 1 N–H and O–H groups in total. The molecular formula is C21H28N4O2. The maximum absolute atomic E-state index is 12.8. The summed E-state index contributed by atoms with van der Waals surface area (Å²) in [6, 6.07) is 10.1. The standard InChI is InChI=1S/C21H28N4O2/c1-23(14-18-5-2-6-19(13-18)25-12-4-10-22-25)16-21(27)9-3-11-24(20(21)26)15-17-7-8-17/h2,4-6,10,12-13,17,27H,3,7-9,11,14-16H2,1H3/t21-/m1/s1. The second-order valence-corrected chi connectivity index (χ2v) is 8.12. The predicted molar refractivity (Wildman–Crippen MR) is 103 cm³/mol. The summed E-state index contributed by atoms with van der Waals surface area (Å²) in [5, 5.41) is 15.3. The highest BCUT2D eigenvalue weighted by Gasteiger charge is 2.44. The van der Waals surface area contributed by atoms with Gasteiger partial charge in [0.15, 0.2) is 5.60 Å². The molecule has 0 unspecified atom stereocenters. The molecule has 0 bridgehead atoms. The van der Waals surface area contributed by atoms with Crippen molar-refractivity contribution in [2.45, 2.75) is 37.8 Å². The number of aliphatic hydroxyl groups is 1. The van der Waals surface area contributed by atoms with E-state index in [2.05, 4.69) is 17.2 Å². The monoisotopic (exact) mass is 368 g/mol. The minimum absolute atomic E-state index is 0.0854. The number of likely N-dealkylation sites (tertiary alicyclic amines) is 1. The lowest BCUT2D eigenvalue weighted by molar-refractivity contribution is -0.159. The van der Waals surface area contributed by atoms with Crippen LogP contribution in [0.4, 0.5) is 0 Å². The highest BCUT2D eigenvalue weighted by molar-refractivity contribution is 5.86. The molecular weight excluding hydrogens is 340 g/mol. The summed E-state index contributed by atoms with van der Waals surface area (Å²) < 4.78 is 1.83. The van der Waals surface area contributed by atoms with Gasteiger partial charge in [0.05, 0.1) is 5.69 Å². The van der Waals surface area contributed by atoms with Crippen molar-refractivity contribution in [2.24, 2.45) is 5.92 Å². The summed E-state index contributed by atoms with van der Waals surface area (Å²) in [6.07, 6.45) is 7.53. The largest absolute Gasteiger partial charge is 0.379 e. The second kappa shape index (κ2) is 7.44. The van der Waals surface area contributed by atoms with Gasteiger partial charge in [0, 0.05) is 38.6 Å². The third kappa shape index (κ3) is 4.22. The van der Waals surface area contributed by atoms with E-state index < -0.39 is 5.60 Å². The zero-order chi connectivity index (χ0) is 18.9. The van der Waals surface area contributed by atoms with Gasteiger partial charge in [-0.05, 0) is 62.4 Å². The van der Waals surface area contributed by atoms with E-state index in [-0.39, 0.29) is 5.91 Å². The molecule has 2 fully saturated rings. The van der Waals surface area contributed by atoms with E-state index in [1.54, 1.807) is 6.20 Å². The van der Waals surface area contributed by atoms with Crippen molar-refractivity contribution in [1.29, 1.82) is 0 Å². The number of piperidine rings is 1. The number of likely N-dealkylation sites (N-methyl/N-ethyl adjacent to an activating group) is 1.